The molecule has 0 bridgehead atoms. The minimum absolute atomic E-state index is 0.639. The Balaban J connectivity index is 2.95. The summed E-state index contributed by atoms with van der Waals surface area (Å²) in [5.41, 5.74) is 1.62. The first-order valence-corrected chi connectivity index (χ1v) is 3.96. The Kier molecular flexibility index (Phi) is 1.48. The van der Waals surface area contributed by atoms with E-state index >= 15 is 0 Å². The van der Waals surface area contributed by atoms with Gasteiger partial charge in [-0.15, -0.1) is 0 Å². The van der Waals surface area contributed by atoms with Crippen LogP contribution in [0.3, 0.4) is 0 Å². The maximum Gasteiger partial charge on any atom is 0.125 e. The lowest BCUT2D eigenvalue weighted by atomic mass is 10.3. The van der Waals surface area contributed by atoms with Crippen LogP contribution in [0, 0.1) is 6.92 Å². The maximum atomic E-state index is 5.91. The van der Waals surface area contributed by atoms with Gasteiger partial charge in [-0.05, 0) is 19.1 Å². The summed E-state index contributed by atoms with van der Waals surface area (Å²) in [6, 6.07) is 5.55. The van der Waals surface area contributed by atoms with E-state index in [2.05, 4.69) is 4.98 Å². The molecule has 0 atom stereocenters. The fourth-order valence-electron chi connectivity index (χ4n) is 1.20. The zero-order chi connectivity index (χ0) is 8.72. The van der Waals surface area contributed by atoms with Gasteiger partial charge in [0.05, 0.1) is 10.5 Å². The van der Waals surface area contributed by atoms with E-state index in [4.69, 9.17) is 17.4 Å². The van der Waals surface area contributed by atoms with Crippen molar-refractivity contribution in [2.24, 2.45) is 0 Å². The van der Waals surface area contributed by atoms with Crippen LogP contribution in [0.25, 0.3) is 11.0 Å². The van der Waals surface area contributed by atoms with Crippen molar-refractivity contribution in [3.63, 3.8) is 0 Å². The molecule has 0 saturated heterocycles. The van der Waals surface area contributed by atoms with Gasteiger partial charge in [-0.3, -0.25) is 0 Å². The molecule has 2 N–H and O–H groups in total. The van der Waals surface area contributed by atoms with Crippen LogP contribution < -0.4 is 5.84 Å². The lowest BCUT2D eigenvalue weighted by Crippen LogP contribution is -2.09. The van der Waals surface area contributed by atoms with Crippen molar-refractivity contribution in [2.75, 3.05) is 5.84 Å². The number of hydrogen-bond acceptors (Lipinski definition) is 2. The molecule has 0 saturated carbocycles. The van der Waals surface area contributed by atoms with E-state index in [1.807, 2.05) is 19.1 Å². The number of nitrogens with two attached hydrogens (primary N) is 1. The molecule has 1 aromatic carbocycles. The van der Waals surface area contributed by atoms with Gasteiger partial charge < -0.3 is 5.84 Å². The van der Waals surface area contributed by atoms with Crippen LogP contribution in [0.15, 0.2) is 18.2 Å². The molecular formula is C8H8ClN3. The van der Waals surface area contributed by atoms with Gasteiger partial charge in [-0.1, -0.05) is 17.7 Å². The Morgan fingerprint density at radius 3 is 2.92 bits per heavy atom. The summed E-state index contributed by atoms with van der Waals surface area (Å²) in [7, 11) is 0. The van der Waals surface area contributed by atoms with Crippen molar-refractivity contribution in [1.82, 2.24) is 9.66 Å². The van der Waals surface area contributed by atoms with Gasteiger partial charge in [-0.25, -0.2) is 9.66 Å². The average molecular weight is 182 g/mol. The standard InChI is InChI=1S/C8H8ClN3/c1-5-11-8-6(9)3-2-4-7(8)12(5)10/h2-4H,10H2,1H3. The van der Waals surface area contributed by atoms with Gasteiger partial charge in [0.2, 0.25) is 0 Å². The summed E-state index contributed by atoms with van der Waals surface area (Å²) in [6.45, 7) is 1.84. The number of nitrogens with zero attached hydrogens (tertiary/aromatic N) is 2. The number of fused-ring (bicyclic) bond motifs is 1. The molecule has 1 aromatic heterocycles. The molecule has 3 nitrogen and oxygen atoms in total. The molecule has 4 heteroatoms. The Hall–Kier alpha value is -1.22. The Bertz CT molecular complexity index is 433. The SMILES string of the molecule is Cc1nc2c(Cl)cccc2n1N. The molecule has 0 spiro atoms. The summed E-state index contributed by atoms with van der Waals surface area (Å²) in [5, 5.41) is 0.639. The Morgan fingerprint density at radius 1 is 1.50 bits per heavy atom. The van der Waals surface area contributed by atoms with Gasteiger partial charge in [0.25, 0.3) is 0 Å². The van der Waals surface area contributed by atoms with Crippen molar-refractivity contribution in [2.45, 2.75) is 6.92 Å². The largest absolute Gasteiger partial charge is 0.337 e. The van der Waals surface area contributed by atoms with Crippen molar-refractivity contribution >= 4 is 22.6 Å². The van der Waals surface area contributed by atoms with Crippen molar-refractivity contribution in [3.05, 3.63) is 29.0 Å². The van der Waals surface area contributed by atoms with Crippen LogP contribution in [0.5, 0.6) is 0 Å². The summed E-state index contributed by atoms with van der Waals surface area (Å²) in [5.74, 6) is 6.46. The molecule has 0 aliphatic carbocycles. The van der Waals surface area contributed by atoms with E-state index in [9.17, 15) is 0 Å². The fraction of sp³-hybridized carbons (Fsp3) is 0.125. The second kappa shape index (κ2) is 2.38. The molecule has 0 aliphatic rings. The highest BCUT2D eigenvalue weighted by Gasteiger charge is 2.06. The molecule has 12 heavy (non-hydrogen) atoms. The van der Waals surface area contributed by atoms with Crippen LogP contribution in [-0.4, -0.2) is 9.66 Å². The highest BCUT2D eigenvalue weighted by atomic mass is 35.5. The third-order valence-corrected chi connectivity index (χ3v) is 2.15. The molecule has 2 rings (SSSR count). The third kappa shape index (κ3) is 0.865. The second-order valence-electron chi connectivity index (χ2n) is 2.64. The number of aryl methyl sites for hydroxylation is 1. The zero-order valence-electron chi connectivity index (χ0n) is 6.58. The van der Waals surface area contributed by atoms with Gasteiger partial charge >= 0.3 is 0 Å². The molecule has 0 radical (unpaired) electrons. The number of halogens is 1. The zero-order valence-corrected chi connectivity index (χ0v) is 7.34. The van der Waals surface area contributed by atoms with Crippen molar-refractivity contribution in [1.29, 1.82) is 0 Å². The molecule has 0 fully saturated rings. The fourth-order valence-corrected chi connectivity index (χ4v) is 1.41. The second-order valence-corrected chi connectivity index (χ2v) is 3.04. The number of para-hydroxylation sites is 1. The quantitative estimate of drug-likeness (QED) is 0.629. The van der Waals surface area contributed by atoms with E-state index in [-0.39, 0.29) is 0 Å². The van der Waals surface area contributed by atoms with Crippen molar-refractivity contribution < 1.29 is 0 Å². The van der Waals surface area contributed by atoms with Gasteiger partial charge in [0, 0.05) is 0 Å². The topological polar surface area (TPSA) is 43.8 Å². The van der Waals surface area contributed by atoms with Crippen LogP contribution in [0.4, 0.5) is 0 Å². The molecule has 2 aromatic rings. The number of rotatable bonds is 0. The number of nitrogen functional groups attached to an aromatic ring is 1. The monoisotopic (exact) mass is 181 g/mol. The highest BCUT2D eigenvalue weighted by molar-refractivity contribution is 6.34. The predicted molar refractivity (Wildman–Crippen MR) is 49.6 cm³/mol. The molecule has 0 unspecified atom stereocenters. The van der Waals surface area contributed by atoms with Crippen LogP contribution in [-0.2, 0) is 0 Å². The summed E-state index contributed by atoms with van der Waals surface area (Å²) in [6.07, 6.45) is 0. The summed E-state index contributed by atoms with van der Waals surface area (Å²) < 4.78 is 1.53. The van der Waals surface area contributed by atoms with E-state index in [0.717, 1.165) is 16.9 Å². The van der Waals surface area contributed by atoms with Crippen molar-refractivity contribution in [3.8, 4) is 0 Å². The molecule has 62 valence electrons. The van der Waals surface area contributed by atoms with E-state index in [1.54, 1.807) is 6.07 Å². The number of hydrogen-bond donors (Lipinski definition) is 1. The summed E-state index contributed by atoms with van der Waals surface area (Å²) >= 11 is 5.91. The normalized spacial score (nSPS) is 10.8. The maximum absolute atomic E-state index is 5.91. The lowest BCUT2D eigenvalue weighted by molar-refractivity contribution is 0.956. The van der Waals surface area contributed by atoms with Gasteiger partial charge in [0.15, 0.2) is 0 Å². The van der Waals surface area contributed by atoms with Gasteiger partial charge in [-0.2, -0.15) is 0 Å². The average Bonchev–Trinajstić information content (AvgIpc) is 2.32. The van der Waals surface area contributed by atoms with E-state index in [0.29, 0.717) is 5.02 Å². The van der Waals surface area contributed by atoms with E-state index < -0.39 is 0 Å². The molecule has 0 amide bonds. The predicted octanol–water partition coefficient (Wildman–Crippen LogP) is 1.71. The summed E-state index contributed by atoms with van der Waals surface area (Å²) in [4.78, 5) is 4.22. The van der Waals surface area contributed by atoms with Gasteiger partial charge in [0.1, 0.15) is 11.3 Å². The lowest BCUT2D eigenvalue weighted by Gasteiger charge is -1.95. The molecular weight excluding hydrogens is 174 g/mol. The Labute approximate surface area is 74.7 Å². The van der Waals surface area contributed by atoms with Crippen LogP contribution in [0.2, 0.25) is 5.02 Å². The number of imidazole rings is 1. The highest BCUT2D eigenvalue weighted by Crippen LogP contribution is 2.21. The first kappa shape index (κ1) is 7.43. The van der Waals surface area contributed by atoms with Crippen LogP contribution >= 0.6 is 11.6 Å². The molecule has 0 aliphatic heterocycles. The third-order valence-electron chi connectivity index (χ3n) is 1.85. The number of benzene rings is 1. The first-order valence-electron chi connectivity index (χ1n) is 3.59. The Morgan fingerprint density at radius 2 is 2.25 bits per heavy atom. The van der Waals surface area contributed by atoms with Crippen LogP contribution in [0.1, 0.15) is 5.82 Å². The minimum atomic E-state index is 0.639. The smallest absolute Gasteiger partial charge is 0.125 e. The molecule has 1 heterocycles. The number of aromatic nitrogens is 2. The first-order chi connectivity index (χ1) is 5.70. The minimum Gasteiger partial charge on any atom is -0.337 e. The van der Waals surface area contributed by atoms with E-state index in [1.165, 1.54) is 4.68 Å².